The molecule has 0 aromatic heterocycles. The first-order chi connectivity index (χ1) is 7.40. The smallest absolute Gasteiger partial charge is 0.225 e. The van der Waals surface area contributed by atoms with Gasteiger partial charge in [0.25, 0.3) is 0 Å². The van der Waals surface area contributed by atoms with E-state index in [9.17, 15) is 8.42 Å². The Morgan fingerprint density at radius 3 is 2.31 bits per heavy atom. The fourth-order valence-electron chi connectivity index (χ4n) is 1.32. The number of nitrogens with two attached hydrogens (primary N) is 1. The van der Waals surface area contributed by atoms with Crippen LogP contribution in [0.25, 0.3) is 0 Å². The Bertz CT molecular complexity index is 579. The molecule has 1 aromatic rings. The van der Waals surface area contributed by atoms with Crippen molar-refractivity contribution < 1.29 is 8.42 Å². The summed E-state index contributed by atoms with van der Waals surface area (Å²) in [5.74, 6) is -1.13. The summed E-state index contributed by atoms with van der Waals surface area (Å²) in [5, 5.41) is 22.5. The summed E-state index contributed by atoms with van der Waals surface area (Å²) in [6.07, 6.45) is 0. The standard InChI is InChI=1S/C10H9N3O2S/c1-7-2-3-10(16(13,14)15)9(4-7)8(5-11)6-12/h2-4,8H,1H3,(H2,13,14,15). The van der Waals surface area contributed by atoms with Crippen molar-refractivity contribution in [3.8, 4) is 12.1 Å². The molecule has 0 aliphatic carbocycles. The van der Waals surface area contributed by atoms with E-state index < -0.39 is 15.9 Å². The fraction of sp³-hybridized carbons (Fsp3) is 0.200. The van der Waals surface area contributed by atoms with Crippen LogP contribution in [-0.4, -0.2) is 8.42 Å². The fourth-order valence-corrected chi connectivity index (χ4v) is 2.08. The maximum Gasteiger partial charge on any atom is 0.238 e. The maximum absolute atomic E-state index is 11.3. The van der Waals surface area contributed by atoms with Gasteiger partial charge in [0.1, 0.15) is 0 Å². The van der Waals surface area contributed by atoms with Crippen LogP contribution in [0.15, 0.2) is 23.1 Å². The molecule has 1 rings (SSSR count). The van der Waals surface area contributed by atoms with Crippen molar-refractivity contribution in [3.63, 3.8) is 0 Å². The molecule has 0 unspecified atom stereocenters. The Labute approximate surface area is 93.8 Å². The number of primary sulfonamides is 1. The number of nitrogens with zero attached hydrogens (tertiary/aromatic N) is 2. The first-order valence-electron chi connectivity index (χ1n) is 4.32. The van der Waals surface area contributed by atoms with Crippen molar-refractivity contribution in [2.24, 2.45) is 5.14 Å². The summed E-state index contributed by atoms with van der Waals surface area (Å²) < 4.78 is 22.5. The molecule has 1 aromatic carbocycles. The van der Waals surface area contributed by atoms with Crippen molar-refractivity contribution in [1.29, 1.82) is 10.5 Å². The van der Waals surface area contributed by atoms with Gasteiger partial charge in [-0.15, -0.1) is 0 Å². The molecule has 0 aliphatic rings. The lowest BCUT2D eigenvalue weighted by molar-refractivity contribution is 0.596. The quantitative estimate of drug-likeness (QED) is 0.816. The van der Waals surface area contributed by atoms with Gasteiger partial charge in [-0.3, -0.25) is 0 Å². The lowest BCUT2D eigenvalue weighted by Gasteiger charge is -2.08. The monoisotopic (exact) mass is 235 g/mol. The minimum Gasteiger partial charge on any atom is -0.225 e. The van der Waals surface area contributed by atoms with Crippen LogP contribution < -0.4 is 5.14 Å². The minimum absolute atomic E-state index is 0.132. The molecule has 0 aliphatic heterocycles. The van der Waals surface area contributed by atoms with Gasteiger partial charge in [0, 0.05) is 5.56 Å². The van der Waals surface area contributed by atoms with Gasteiger partial charge < -0.3 is 0 Å². The first kappa shape index (κ1) is 12.2. The molecule has 16 heavy (non-hydrogen) atoms. The highest BCUT2D eigenvalue weighted by atomic mass is 32.2. The lowest BCUT2D eigenvalue weighted by Crippen LogP contribution is -2.15. The van der Waals surface area contributed by atoms with Crippen LogP contribution in [0.3, 0.4) is 0 Å². The molecule has 0 heterocycles. The topological polar surface area (TPSA) is 108 Å². The van der Waals surface area contributed by atoms with Crippen molar-refractivity contribution >= 4 is 10.0 Å². The first-order valence-corrected chi connectivity index (χ1v) is 5.87. The Morgan fingerprint density at radius 1 is 1.31 bits per heavy atom. The molecule has 5 nitrogen and oxygen atoms in total. The van der Waals surface area contributed by atoms with Gasteiger partial charge in [-0.25, -0.2) is 13.6 Å². The van der Waals surface area contributed by atoms with Crippen LogP contribution in [0.5, 0.6) is 0 Å². The zero-order valence-corrected chi connectivity index (χ0v) is 9.32. The highest BCUT2D eigenvalue weighted by Crippen LogP contribution is 2.23. The van der Waals surface area contributed by atoms with E-state index in [4.69, 9.17) is 15.7 Å². The molecule has 2 N–H and O–H groups in total. The number of benzene rings is 1. The summed E-state index contributed by atoms with van der Waals surface area (Å²) in [6, 6.07) is 7.81. The van der Waals surface area contributed by atoms with E-state index >= 15 is 0 Å². The van der Waals surface area contributed by atoms with Gasteiger partial charge in [-0.2, -0.15) is 10.5 Å². The number of hydrogen-bond acceptors (Lipinski definition) is 4. The SMILES string of the molecule is Cc1ccc(S(N)(=O)=O)c(C(C#N)C#N)c1. The number of nitriles is 2. The number of rotatable bonds is 2. The van der Waals surface area contributed by atoms with Crippen LogP contribution in [0, 0.1) is 29.6 Å². The van der Waals surface area contributed by atoms with Crippen molar-refractivity contribution in [2.75, 3.05) is 0 Å². The number of aryl methyl sites for hydroxylation is 1. The Morgan fingerprint density at radius 2 is 1.88 bits per heavy atom. The third-order valence-electron chi connectivity index (χ3n) is 2.04. The molecule has 0 atom stereocenters. The summed E-state index contributed by atoms with van der Waals surface area (Å²) in [6.45, 7) is 1.74. The molecule has 0 bridgehead atoms. The molecule has 0 amide bonds. The van der Waals surface area contributed by atoms with Gasteiger partial charge in [0.05, 0.1) is 17.0 Å². The number of sulfonamides is 1. The average Bonchev–Trinajstić information content (AvgIpc) is 2.17. The molecule has 0 saturated heterocycles. The van der Waals surface area contributed by atoms with E-state index in [0.717, 1.165) is 5.56 Å². The van der Waals surface area contributed by atoms with Crippen LogP contribution in [0.4, 0.5) is 0 Å². The molecule has 0 radical (unpaired) electrons. The normalized spacial score (nSPS) is 10.8. The van der Waals surface area contributed by atoms with E-state index in [1.807, 2.05) is 0 Å². The van der Waals surface area contributed by atoms with Crippen molar-refractivity contribution in [1.82, 2.24) is 0 Å². The summed E-state index contributed by atoms with van der Waals surface area (Å²) in [7, 11) is -3.92. The Kier molecular flexibility index (Phi) is 3.28. The summed E-state index contributed by atoms with van der Waals surface area (Å²) >= 11 is 0. The van der Waals surface area contributed by atoms with Gasteiger partial charge in [0.2, 0.25) is 10.0 Å². The highest BCUT2D eigenvalue weighted by Gasteiger charge is 2.20. The zero-order chi connectivity index (χ0) is 12.3. The Hall–Kier alpha value is -1.89. The molecule has 82 valence electrons. The predicted molar refractivity (Wildman–Crippen MR) is 56.5 cm³/mol. The van der Waals surface area contributed by atoms with Crippen LogP contribution in [-0.2, 0) is 10.0 Å². The molecule has 6 heteroatoms. The minimum atomic E-state index is -3.92. The second-order valence-corrected chi connectivity index (χ2v) is 4.81. The van der Waals surface area contributed by atoms with E-state index in [0.29, 0.717) is 0 Å². The molecular formula is C10H9N3O2S. The van der Waals surface area contributed by atoms with Gasteiger partial charge in [-0.1, -0.05) is 17.7 Å². The molecule has 0 fully saturated rings. The molecular weight excluding hydrogens is 226 g/mol. The number of hydrogen-bond donors (Lipinski definition) is 1. The van der Waals surface area contributed by atoms with E-state index in [1.165, 1.54) is 12.1 Å². The highest BCUT2D eigenvalue weighted by molar-refractivity contribution is 7.89. The molecule has 0 saturated carbocycles. The second-order valence-electron chi connectivity index (χ2n) is 3.28. The second kappa shape index (κ2) is 4.31. The average molecular weight is 235 g/mol. The predicted octanol–water partition coefficient (Wildman–Crippen LogP) is 0.773. The zero-order valence-electron chi connectivity index (χ0n) is 8.51. The van der Waals surface area contributed by atoms with E-state index in [1.54, 1.807) is 25.1 Å². The maximum atomic E-state index is 11.3. The van der Waals surface area contributed by atoms with E-state index in [-0.39, 0.29) is 10.5 Å². The third kappa shape index (κ3) is 2.37. The summed E-state index contributed by atoms with van der Waals surface area (Å²) in [4.78, 5) is -0.175. The lowest BCUT2D eigenvalue weighted by atomic mass is 10.0. The van der Waals surface area contributed by atoms with Crippen molar-refractivity contribution in [3.05, 3.63) is 29.3 Å². The van der Waals surface area contributed by atoms with Crippen LogP contribution in [0.2, 0.25) is 0 Å². The molecule has 0 spiro atoms. The van der Waals surface area contributed by atoms with Crippen LogP contribution >= 0.6 is 0 Å². The summed E-state index contributed by atoms with van der Waals surface area (Å²) in [5.41, 5.74) is 0.894. The van der Waals surface area contributed by atoms with Crippen LogP contribution in [0.1, 0.15) is 17.0 Å². The third-order valence-corrected chi connectivity index (χ3v) is 3.03. The van der Waals surface area contributed by atoms with Gasteiger partial charge in [0.15, 0.2) is 5.92 Å². The van der Waals surface area contributed by atoms with Crippen molar-refractivity contribution in [2.45, 2.75) is 17.7 Å². The van der Waals surface area contributed by atoms with E-state index in [2.05, 4.69) is 0 Å². The van der Waals surface area contributed by atoms with Gasteiger partial charge >= 0.3 is 0 Å². The Balaban J connectivity index is 3.55. The largest absolute Gasteiger partial charge is 0.238 e. The van der Waals surface area contributed by atoms with Gasteiger partial charge in [-0.05, 0) is 13.0 Å².